The first kappa shape index (κ1) is 35.0. The van der Waals surface area contributed by atoms with E-state index >= 15 is 0 Å². The molecule has 0 saturated heterocycles. The van der Waals surface area contributed by atoms with E-state index in [4.69, 9.17) is 0 Å². The summed E-state index contributed by atoms with van der Waals surface area (Å²) in [4.78, 5) is 7.02. The molecule has 0 amide bonds. The van der Waals surface area contributed by atoms with Crippen molar-refractivity contribution in [1.82, 2.24) is 0 Å². The molecule has 0 saturated carbocycles. The van der Waals surface area contributed by atoms with E-state index < -0.39 is 0 Å². The van der Waals surface area contributed by atoms with Crippen LogP contribution in [-0.4, -0.2) is 0 Å². The summed E-state index contributed by atoms with van der Waals surface area (Å²) in [5, 5.41) is 2.57. The summed E-state index contributed by atoms with van der Waals surface area (Å²) < 4.78 is 2.55. The zero-order valence-corrected chi connectivity index (χ0v) is 32.6. The fourth-order valence-electron chi connectivity index (χ4n) is 7.98. The Bertz CT molecular complexity index is 2850. The van der Waals surface area contributed by atoms with Gasteiger partial charge < -0.3 is 14.7 Å². The van der Waals surface area contributed by atoms with E-state index in [0.717, 1.165) is 51.2 Å². The number of para-hydroxylation sites is 5. The van der Waals surface area contributed by atoms with Gasteiger partial charge in [0.2, 0.25) is 0 Å². The molecule has 0 aliphatic rings. The van der Waals surface area contributed by atoms with E-state index in [1.807, 2.05) is 11.3 Å². The summed E-state index contributed by atoms with van der Waals surface area (Å²) in [6.07, 6.45) is 0. The number of anilines is 9. The zero-order chi connectivity index (χ0) is 38.7. The molecule has 276 valence electrons. The minimum absolute atomic E-state index is 1.07. The molecule has 1 aromatic heterocycles. The maximum atomic E-state index is 2.37. The smallest absolute Gasteiger partial charge is 0.0482 e. The van der Waals surface area contributed by atoms with Crippen molar-refractivity contribution in [2.24, 2.45) is 0 Å². The van der Waals surface area contributed by atoms with Crippen molar-refractivity contribution in [2.45, 2.75) is 0 Å². The predicted octanol–water partition coefficient (Wildman–Crippen LogP) is 16.1. The molecule has 3 nitrogen and oxygen atoms in total. The van der Waals surface area contributed by atoms with Crippen LogP contribution in [0.2, 0.25) is 0 Å². The second-order valence-corrected chi connectivity index (χ2v) is 15.3. The molecule has 0 atom stereocenters. The highest BCUT2D eigenvalue weighted by Gasteiger charge is 2.20. The second-order valence-electron chi connectivity index (χ2n) is 14.2. The van der Waals surface area contributed by atoms with Crippen molar-refractivity contribution in [2.75, 3.05) is 14.7 Å². The number of fused-ring (bicyclic) bond motifs is 3. The van der Waals surface area contributed by atoms with Crippen LogP contribution in [0.25, 0.3) is 31.3 Å². The molecule has 0 N–H and O–H groups in total. The van der Waals surface area contributed by atoms with Crippen LogP contribution < -0.4 is 14.7 Å². The third-order valence-corrected chi connectivity index (χ3v) is 11.7. The Morgan fingerprint density at radius 1 is 0.259 bits per heavy atom. The van der Waals surface area contributed by atoms with Crippen LogP contribution >= 0.6 is 11.3 Å². The molecule has 0 unspecified atom stereocenters. The van der Waals surface area contributed by atoms with Gasteiger partial charge in [0.05, 0.1) is 0 Å². The van der Waals surface area contributed by atoms with Gasteiger partial charge >= 0.3 is 0 Å². The van der Waals surface area contributed by atoms with Gasteiger partial charge in [-0.25, -0.2) is 0 Å². The molecule has 10 aromatic rings. The number of benzene rings is 9. The van der Waals surface area contributed by atoms with Gasteiger partial charge in [0.1, 0.15) is 0 Å². The molecule has 0 spiro atoms. The fraction of sp³-hybridized carbons (Fsp3) is 0. The summed E-state index contributed by atoms with van der Waals surface area (Å²) in [5.41, 5.74) is 12.3. The summed E-state index contributed by atoms with van der Waals surface area (Å²) in [7, 11) is 0. The fourth-order valence-corrected chi connectivity index (χ4v) is 9.15. The monoisotopic (exact) mass is 761 g/mol. The lowest BCUT2D eigenvalue weighted by atomic mass is 9.97. The van der Waals surface area contributed by atoms with E-state index in [1.165, 1.54) is 31.3 Å². The maximum absolute atomic E-state index is 2.37. The van der Waals surface area contributed by atoms with Crippen LogP contribution in [0.15, 0.2) is 237 Å². The molecule has 0 bridgehead atoms. The van der Waals surface area contributed by atoms with Gasteiger partial charge in [-0.05, 0) is 120 Å². The molecule has 58 heavy (non-hydrogen) atoms. The Morgan fingerprint density at radius 2 is 0.638 bits per heavy atom. The average molecular weight is 762 g/mol. The maximum Gasteiger partial charge on any atom is 0.0482 e. The first-order valence-corrected chi connectivity index (χ1v) is 20.4. The number of hydrogen-bond donors (Lipinski definition) is 0. The summed E-state index contributed by atoms with van der Waals surface area (Å²) in [6.45, 7) is 0. The van der Waals surface area contributed by atoms with Gasteiger partial charge in [-0.1, -0.05) is 127 Å². The third kappa shape index (κ3) is 6.76. The highest BCUT2D eigenvalue weighted by atomic mass is 32.1. The first-order chi connectivity index (χ1) is 28.8. The molecule has 4 heteroatoms. The summed E-state index contributed by atoms with van der Waals surface area (Å²) in [5.74, 6) is 0. The van der Waals surface area contributed by atoms with Crippen molar-refractivity contribution < 1.29 is 0 Å². The van der Waals surface area contributed by atoms with Crippen LogP contribution in [0.4, 0.5) is 51.2 Å². The average Bonchev–Trinajstić information content (AvgIpc) is 3.67. The van der Waals surface area contributed by atoms with Gasteiger partial charge in [0, 0.05) is 71.4 Å². The number of thiophene rings is 1. The molecular weight excluding hydrogens is 723 g/mol. The number of rotatable bonds is 10. The SMILES string of the molecule is c1ccc(N(c2ccccc2)c2cccc(N(c3ccccc3)c3ccc(-c4cc(N(c5ccccc5)c5ccccc5)cc5sc6ccccc6c45)cc3)c2)cc1. The van der Waals surface area contributed by atoms with Crippen molar-refractivity contribution in [3.8, 4) is 11.1 Å². The predicted molar refractivity (Wildman–Crippen MR) is 249 cm³/mol. The van der Waals surface area contributed by atoms with E-state index in [9.17, 15) is 0 Å². The molecule has 9 aromatic carbocycles. The van der Waals surface area contributed by atoms with Gasteiger partial charge in [-0.2, -0.15) is 0 Å². The Morgan fingerprint density at radius 3 is 1.10 bits per heavy atom. The van der Waals surface area contributed by atoms with Crippen molar-refractivity contribution >= 4 is 82.7 Å². The summed E-state index contributed by atoms with van der Waals surface area (Å²) in [6, 6.07) is 84.6. The van der Waals surface area contributed by atoms with Crippen molar-refractivity contribution in [3.05, 3.63) is 237 Å². The largest absolute Gasteiger partial charge is 0.310 e. The van der Waals surface area contributed by atoms with Crippen molar-refractivity contribution in [1.29, 1.82) is 0 Å². The van der Waals surface area contributed by atoms with Gasteiger partial charge in [0.15, 0.2) is 0 Å². The quantitative estimate of drug-likeness (QED) is 0.137. The molecule has 1 heterocycles. The zero-order valence-electron chi connectivity index (χ0n) is 31.8. The van der Waals surface area contributed by atoms with Crippen LogP contribution in [0.5, 0.6) is 0 Å². The Hall–Kier alpha value is -7.40. The Balaban J connectivity index is 1.11. The van der Waals surface area contributed by atoms with Gasteiger partial charge in [-0.15, -0.1) is 11.3 Å². The lowest BCUT2D eigenvalue weighted by molar-refractivity contribution is 1.25. The molecule has 0 aliphatic heterocycles. The van der Waals surface area contributed by atoms with Crippen molar-refractivity contribution in [3.63, 3.8) is 0 Å². The standard InChI is InChI=1S/C54H39N3S/c1-6-19-41(20-7-1)55(42-21-8-2-9-22-42)47-29-18-30-48(37-47)56(43-23-10-3-11-24-43)46-35-33-40(34-36-46)51-38-49(39-53-54(51)50-31-16-17-32-52(50)58-53)57(44-25-12-4-13-26-44)45-27-14-5-15-28-45/h1-39H. The van der Waals surface area contributed by atoms with E-state index in [1.54, 1.807) is 0 Å². The molecule has 10 rings (SSSR count). The third-order valence-electron chi connectivity index (χ3n) is 10.6. The van der Waals surface area contributed by atoms with Crippen LogP contribution in [0, 0.1) is 0 Å². The molecule has 0 radical (unpaired) electrons. The minimum Gasteiger partial charge on any atom is -0.310 e. The highest BCUT2D eigenvalue weighted by Crippen LogP contribution is 2.46. The summed E-state index contributed by atoms with van der Waals surface area (Å²) >= 11 is 1.86. The Labute approximate surface area is 343 Å². The lowest BCUT2D eigenvalue weighted by Gasteiger charge is -2.29. The molecular formula is C54H39N3S. The van der Waals surface area contributed by atoms with Crippen LogP contribution in [0.1, 0.15) is 0 Å². The van der Waals surface area contributed by atoms with Gasteiger partial charge in [0.25, 0.3) is 0 Å². The number of hydrogen-bond acceptors (Lipinski definition) is 4. The lowest BCUT2D eigenvalue weighted by Crippen LogP contribution is -2.13. The van der Waals surface area contributed by atoms with E-state index in [0.29, 0.717) is 0 Å². The van der Waals surface area contributed by atoms with Gasteiger partial charge in [-0.3, -0.25) is 0 Å². The molecule has 0 fully saturated rings. The topological polar surface area (TPSA) is 9.72 Å². The van der Waals surface area contributed by atoms with Crippen LogP contribution in [0.3, 0.4) is 0 Å². The highest BCUT2D eigenvalue weighted by molar-refractivity contribution is 7.26. The first-order valence-electron chi connectivity index (χ1n) is 19.6. The Kier molecular flexibility index (Phi) is 9.44. The normalized spacial score (nSPS) is 11.1. The second kappa shape index (κ2) is 15.6. The van der Waals surface area contributed by atoms with E-state index in [2.05, 4.69) is 251 Å². The number of nitrogens with zero attached hydrogens (tertiary/aromatic N) is 3. The van der Waals surface area contributed by atoms with E-state index in [-0.39, 0.29) is 0 Å². The molecule has 0 aliphatic carbocycles. The van der Waals surface area contributed by atoms with Crippen LogP contribution in [-0.2, 0) is 0 Å². The minimum atomic E-state index is 1.07.